The van der Waals surface area contributed by atoms with Crippen LogP contribution in [0.1, 0.15) is 69.9 Å². The van der Waals surface area contributed by atoms with E-state index >= 15 is 0 Å². The Kier molecular flexibility index (Phi) is 10.2. The highest BCUT2D eigenvalue weighted by atomic mass is 32.1. The number of primary amides is 1. The number of nitrogens with two attached hydrogens (primary N) is 1. The summed E-state index contributed by atoms with van der Waals surface area (Å²) in [6.45, 7) is 2.31. The molecule has 3 aromatic heterocycles. The molecule has 0 aromatic carbocycles. The monoisotopic (exact) mass is 663 g/mol. The number of nitrogens with zero attached hydrogens (tertiary/aromatic N) is 5. The van der Waals surface area contributed by atoms with E-state index in [1.807, 2.05) is 31.5 Å². The molecular formula is C34H45N7O5S. The van der Waals surface area contributed by atoms with Crippen LogP contribution >= 0.6 is 11.3 Å². The Morgan fingerprint density at radius 3 is 2.74 bits per heavy atom. The SMILES string of the molecule is Cc1cc(-c2nc(O[C@@H]3C[C@@H](C(N)=O)N(C(=O)[C@H](CCCCC/C=C\[C@@H]4C[C@@H]4CO)NC(=O)CC4CC4)C3)c3sccc3n2)n(C)n1. The second-order valence-electron chi connectivity index (χ2n) is 13.3. The fourth-order valence-corrected chi connectivity index (χ4v) is 7.24. The average molecular weight is 664 g/mol. The highest BCUT2D eigenvalue weighted by Crippen LogP contribution is 2.39. The zero-order valence-corrected chi connectivity index (χ0v) is 28.0. The fourth-order valence-electron chi connectivity index (χ4n) is 6.47. The van der Waals surface area contributed by atoms with Crippen LogP contribution in [-0.4, -0.2) is 78.8 Å². The van der Waals surface area contributed by atoms with E-state index in [-0.39, 0.29) is 31.4 Å². The quantitative estimate of drug-likeness (QED) is 0.154. The molecule has 0 unspecified atom stereocenters. The van der Waals surface area contributed by atoms with Gasteiger partial charge in [0.2, 0.25) is 23.6 Å². The van der Waals surface area contributed by atoms with Gasteiger partial charge in [-0.1, -0.05) is 25.0 Å². The van der Waals surface area contributed by atoms with E-state index in [0.717, 1.165) is 66.6 Å². The molecule has 3 aromatic rings. The maximum absolute atomic E-state index is 14.0. The van der Waals surface area contributed by atoms with E-state index in [1.54, 1.807) is 4.68 Å². The number of rotatable bonds is 16. The molecule has 2 aliphatic carbocycles. The number of ether oxygens (including phenoxy) is 1. The summed E-state index contributed by atoms with van der Waals surface area (Å²) in [5.74, 6) is 1.14. The molecule has 0 radical (unpaired) electrons. The highest BCUT2D eigenvalue weighted by Gasteiger charge is 2.43. The van der Waals surface area contributed by atoms with Gasteiger partial charge in [0.05, 0.1) is 17.8 Å². The third kappa shape index (κ3) is 8.18. The van der Waals surface area contributed by atoms with E-state index in [2.05, 4.69) is 22.6 Å². The predicted molar refractivity (Wildman–Crippen MR) is 178 cm³/mol. The van der Waals surface area contributed by atoms with Crippen LogP contribution in [0.15, 0.2) is 29.7 Å². The van der Waals surface area contributed by atoms with Gasteiger partial charge in [-0.2, -0.15) is 10.1 Å². The van der Waals surface area contributed by atoms with Crippen LogP contribution in [-0.2, 0) is 21.4 Å². The predicted octanol–water partition coefficient (Wildman–Crippen LogP) is 3.65. The van der Waals surface area contributed by atoms with Crippen molar-refractivity contribution in [3.63, 3.8) is 0 Å². The number of nitrogens with one attached hydrogen (secondary N) is 1. The molecule has 3 fully saturated rings. The molecule has 12 nitrogen and oxygen atoms in total. The number of amides is 3. The second-order valence-corrected chi connectivity index (χ2v) is 14.3. The first-order chi connectivity index (χ1) is 22.7. The van der Waals surface area contributed by atoms with E-state index < -0.39 is 24.1 Å². The number of aryl methyl sites for hydroxylation is 2. The first-order valence-corrected chi connectivity index (χ1v) is 17.7. The van der Waals surface area contributed by atoms with Gasteiger partial charge in [0.15, 0.2) is 5.82 Å². The number of unbranched alkanes of at least 4 members (excludes halogenated alkanes) is 3. The number of aliphatic hydroxyl groups is 1. The van der Waals surface area contributed by atoms with Crippen molar-refractivity contribution in [1.29, 1.82) is 0 Å². The van der Waals surface area contributed by atoms with Crippen molar-refractivity contribution in [2.45, 2.75) is 89.3 Å². The number of fused-ring (bicyclic) bond motifs is 1. The zero-order chi connectivity index (χ0) is 33.1. The molecule has 1 aliphatic heterocycles. The topological polar surface area (TPSA) is 166 Å². The van der Waals surface area contributed by atoms with Gasteiger partial charge in [-0.25, -0.2) is 4.98 Å². The van der Waals surface area contributed by atoms with Gasteiger partial charge in [-0.3, -0.25) is 19.1 Å². The summed E-state index contributed by atoms with van der Waals surface area (Å²) < 4.78 is 8.93. The molecule has 3 amide bonds. The molecule has 4 heterocycles. The summed E-state index contributed by atoms with van der Waals surface area (Å²) in [5, 5.41) is 18.6. The number of carbonyl (C=O) groups excluding carboxylic acids is 3. The summed E-state index contributed by atoms with van der Waals surface area (Å²) in [5.41, 5.74) is 8.16. The largest absolute Gasteiger partial charge is 0.471 e. The van der Waals surface area contributed by atoms with Crippen LogP contribution in [0.2, 0.25) is 0 Å². The van der Waals surface area contributed by atoms with Gasteiger partial charge >= 0.3 is 0 Å². The number of aliphatic hydroxyl groups excluding tert-OH is 1. The number of hydrogen-bond acceptors (Lipinski definition) is 9. The van der Waals surface area contributed by atoms with E-state index in [9.17, 15) is 19.5 Å². The number of hydrogen-bond donors (Lipinski definition) is 3. The summed E-state index contributed by atoms with van der Waals surface area (Å²) >= 11 is 1.46. The van der Waals surface area contributed by atoms with Gasteiger partial charge in [0.1, 0.15) is 28.6 Å². The lowest BCUT2D eigenvalue weighted by Gasteiger charge is -2.27. The minimum absolute atomic E-state index is 0.127. The molecule has 0 spiro atoms. The van der Waals surface area contributed by atoms with Gasteiger partial charge in [-0.05, 0) is 80.7 Å². The van der Waals surface area contributed by atoms with Crippen molar-refractivity contribution in [1.82, 2.24) is 30.0 Å². The van der Waals surface area contributed by atoms with Crippen molar-refractivity contribution < 1.29 is 24.2 Å². The summed E-state index contributed by atoms with van der Waals surface area (Å²) in [4.78, 5) is 50.5. The van der Waals surface area contributed by atoms with Gasteiger partial charge in [-0.15, -0.1) is 11.3 Å². The normalized spacial score (nSPS) is 23.0. The molecule has 5 atom stereocenters. The Morgan fingerprint density at radius 1 is 1.21 bits per heavy atom. The minimum atomic E-state index is -0.856. The number of allylic oxidation sites excluding steroid dienone is 2. The van der Waals surface area contributed by atoms with Crippen molar-refractivity contribution in [2.24, 2.45) is 30.5 Å². The van der Waals surface area contributed by atoms with Crippen LogP contribution in [0.5, 0.6) is 5.88 Å². The van der Waals surface area contributed by atoms with Crippen LogP contribution in [0.4, 0.5) is 0 Å². The smallest absolute Gasteiger partial charge is 0.245 e. The molecule has 0 bridgehead atoms. The van der Waals surface area contributed by atoms with Crippen LogP contribution in [0.25, 0.3) is 21.7 Å². The Morgan fingerprint density at radius 2 is 2.04 bits per heavy atom. The first kappa shape index (κ1) is 33.1. The third-order valence-electron chi connectivity index (χ3n) is 9.42. The van der Waals surface area contributed by atoms with Gasteiger partial charge in [0.25, 0.3) is 0 Å². The molecule has 13 heteroatoms. The second kappa shape index (κ2) is 14.5. The molecule has 252 valence electrons. The summed E-state index contributed by atoms with van der Waals surface area (Å²) in [7, 11) is 1.84. The number of thiophene rings is 1. The van der Waals surface area contributed by atoms with Crippen LogP contribution in [0.3, 0.4) is 0 Å². The minimum Gasteiger partial charge on any atom is -0.471 e. The molecule has 1 saturated heterocycles. The lowest BCUT2D eigenvalue weighted by molar-refractivity contribution is -0.141. The van der Waals surface area contributed by atoms with Crippen LogP contribution in [0, 0.1) is 24.7 Å². The standard InChI is InChI=1S/C34H45N7O5S/c1-20-14-28(40(2)39-20)32-37-25-12-13-47-30(25)33(38-32)46-24-17-27(31(35)44)41(18-24)34(45)26(36-29(43)15-21-10-11-21)9-7-5-3-4-6-8-22-16-23(22)19-42/h6,8,12-14,21-24,26-27,42H,3-5,7,9-11,15-19H2,1-2H3,(H2,35,44)(H,36,43)/b8-6-/t22-,23-,24-,26+,27+/m1/s1. The van der Waals surface area contributed by atoms with Crippen molar-refractivity contribution >= 4 is 39.3 Å². The molecule has 2 saturated carbocycles. The average Bonchev–Trinajstić information content (AvgIpc) is 3.85. The highest BCUT2D eigenvalue weighted by molar-refractivity contribution is 7.17. The van der Waals surface area contributed by atoms with Crippen molar-refractivity contribution in [3.8, 4) is 17.4 Å². The maximum atomic E-state index is 14.0. The van der Waals surface area contributed by atoms with E-state index in [4.69, 9.17) is 20.4 Å². The van der Waals surface area contributed by atoms with Crippen molar-refractivity contribution in [2.75, 3.05) is 13.2 Å². The zero-order valence-electron chi connectivity index (χ0n) is 27.1. The lowest BCUT2D eigenvalue weighted by Crippen LogP contribution is -2.53. The Balaban J connectivity index is 1.12. The Labute approximate surface area is 278 Å². The summed E-state index contributed by atoms with van der Waals surface area (Å²) in [6.07, 6.45) is 11.7. The van der Waals surface area contributed by atoms with Crippen molar-refractivity contribution in [3.05, 3.63) is 35.4 Å². The van der Waals surface area contributed by atoms with Crippen LogP contribution < -0.4 is 15.8 Å². The summed E-state index contributed by atoms with van der Waals surface area (Å²) in [6, 6.07) is 2.22. The van der Waals surface area contributed by atoms with E-state index in [1.165, 1.54) is 16.2 Å². The molecule has 4 N–H and O–H groups in total. The Hall–Kier alpha value is -3.84. The third-order valence-corrected chi connectivity index (χ3v) is 10.3. The van der Waals surface area contributed by atoms with Gasteiger partial charge < -0.3 is 25.8 Å². The number of aromatic nitrogens is 4. The van der Waals surface area contributed by atoms with Gasteiger partial charge in [0, 0.05) is 26.5 Å². The fraction of sp³-hybridized carbons (Fsp3) is 0.588. The lowest BCUT2D eigenvalue weighted by atomic mass is 10.0. The maximum Gasteiger partial charge on any atom is 0.245 e. The molecular weight excluding hydrogens is 618 g/mol. The Bertz CT molecular complexity index is 1630. The van der Waals surface area contributed by atoms with E-state index in [0.29, 0.717) is 42.3 Å². The molecule has 3 aliphatic rings. The molecule has 6 rings (SSSR count). The molecule has 47 heavy (non-hydrogen) atoms. The number of likely N-dealkylation sites (tertiary alicyclic amines) is 1. The first-order valence-electron chi connectivity index (χ1n) is 16.8. The number of carbonyl (C=O) groups is 3.